The van der Waals surface area contributed by atoms with Crippen LogP contribution < -0.4 is 4.90 Å². The predicted molar refractivity (Wildman–Crippen MR) is 118 cm³/mol. The second-order valence-corrected chi connectivity index (χ2v) is 10.7. The molecule has 0 radical (unpaired) electrons. The molecule has 0 N–H and O–H groups in total. The molecular weight excluding hydrogens is 418 g/mol. The summed E-state index contributed by atoms with van der Waals surface area (Å²) in [4.78, 5) is 7.30. The van der Waals surface area contributed by atoms with E-state index in [0.717, 1.165) is 47.5 Å². The largest absolute Gasteiger partial charge is 0.355 e. The lowest BCUT2D eigenvalue weighted by Crippen LogP contribution is -2.35. The van der Waals surface area contributed by atoms with Gasteiger partial charge in [-0.15, -0.1) is 16.4 Å². The van der Waals surface area contributed by atoms with Crippen LogP contribution in [-0.2, 0) is 16.3 Å². The SMILES string of the molecule is CCc1ccc(S(=O)(=O)c2nnn3c2nc(N2CCC[C@@H](C)C2)c2sccc23)cc1. The summed E-state index contributed by atoms with van der Waals surface area (Å²) in [6.45, 7) is 6.11. The molecule has 4 heterocycles. The highest BCUT2D eigenvalue weighted by molar-refractivity contribution is 7.91. The lowest BCUT2D eigenvalue weighted by molar-refractivity contribution is 0.445. The van der Waals surface area contributed by atoms with E-state index >= 15 is 0 Å². The third kappa shape index (κ3) is 3.07. The van der Waals surface area contributed by atoms with Crippen LogP contribution in [-0.4, -0.2) is 41.3 Å². The van der Waals surface area contributed by atoms with E-state index in [2.05, 4.69) is 22.1 Å². The first-order chi connectivity index (χ1) is 14.5. The molecule has 0 unspecified atom stereocenters. The van der Waals surface area contributed by atoms with Crippen molar-refractivity contribution in [3.63, 3.8) is 0 Å². The molecule has 156 valence electrons. The van der Waals surface area contributed by atoms with Crippen LogP contribution in [0.1, 0.15) is 32.3 Å². The quantitative estimate of drug-likeness (QED) is 0.477. The minimum absolute atomic E-state index is 0.0915. The van der Waals surface area contributed by atoms with Crippen molar-refractivity contribution in [1.29, 1.82) is 0 Å². The molecule has 1 aliphatic heterocycles. The number of hydrogen-bond acceptors (Lipinski definition) is 7. The van der Waals surface area contributed by atoms with E-state index in [-0.39, 0.29) is 15.6 Å². The average molecular weight is 442 g/mol. The number of aryl methyl sites for hydroxylation is 1. The fraction of sp³-hybridized carbons (Fsp3) is 0.381. The van der Waals surface area contributed by atoms with E-state index < -0.39 is 9.84 Å². The summed E-state index contributed by atoms with van der Waals surface area (Å²) >= 11 is 1.60. The number of aromatic nitrogens is 4. The molecule has 4 aromatic rings. The first-order valence-electron chi connectivity index (χ1n) is 10.2. The Bertz CT molecular complexity index is 1320. The molecule has 7 nitrogen and oxygen atoms in total. The zero-order chi connectivity index (χ0) is 20.9. The highest BCUT2D eigenvalue weighted by Gasteiger charge is 2.29. The fourth-order valence-electron chi connectivity index (χ4n) is 4.09. The van der Waals surface area contributed by atoms with E-state index in [1.165, 1.54) is 6.42 Å². The van der Waals surface area contributed by atoms with Crippen molar-refractivity contribution in [2.75, 3.05) is 18.0 Å². The molecule has 0 bridgehead atoms. The molecule has 30 heavy (non-hydrogen) atoms. The second-order valence-electron chi connectivity index (χ2n) is 7.89. The number of fused-ring (bicyclic) bond motifs is 3. The maximum absolute atomic E-state index is 13.4. The van der Waals surface area contributed by atoms with Crippen molar-refractivity contribution in [2.45, 2.75) is 43.0 Å². The van der Waals surface area contributed by atoms with E-state index in [0.29, 0.717) is 5.92 Å². The van der Waals surface area contributed by atoms with Crippen LogP contribution in [0.3, 0.4) is 0 Å². The minimum Gasteiger partial charge on any atom is -0.355 e. The molecule has 0 aliphatic carbocycles. The average Bonchev–Trinajstić information content (AvgIpc) is 3.40. The first-order valence-corrected chi connectivity index (χ1v) is 12.6. The molecule has 0 amide bonds. The third-order valence-electron chi connectivity index (χ3n) is 5.76. The zero-order valence-electron chi connectivity index (χ0n) is 16.9. The van der Waals surface area contributed by atoms with Gasteiger partial charge in [0.1, 0.15) is 0 Å². The normalized spacial score (nSPS) is 17.8. The molecule has 1 aromatic carbocycles. The van der Waals surface area contributed by atoms with Crippen molar-refractivity contribution < 1.29 is 8.42 Å². The lowest BCUT2D eigenvalue weighted by atomic mass is 10.0. The molecule has 1 saturated heterocycles. The van der Waals surface area contributed by atoms with Crippen LogP contribution in [0.4, 0.5) is 5.82 Å². The van der Waals surface area contributed by atoms with Gasteiger partial charge in [-0.3, -0.25) is 0 Å². The van der Waals surface area contributed by atoms with Gasteiger partial charge in [0.25, 0.3) is 0 Å². The summed E-state index contributed by atoms with van der Waals surface area (Å²) in [7, 11) is -3.83. The molecule has 3 aromatic heterocycles. The van der Waals surface area contributed by atoms with Crippen molar-refractivity contribution in [3.8, 4) is 0 Å². The number of thiophene rings is 1. The smallest absolute Gasteiger partial charge is 0.229 e. The molecule has 5 rings (SSSR count). The number of hydrogen-bond donors (Lipinski definition) is 0. The summed E-state index contributed by atoms with van der Waals surface area (Å²) in [6.07, 6.45) is 3.16. The zero-order valence-corrected chi connectivity index (χ0v) is 18.6. The summed E-state index contributed by atoms with van der Waals surface area (Å²) < 4.78 is 29.3. The molecule has 1 fully saturated rings. The number of sulfone groups is 1. The minimum atomic E-state index is -3.83. The van der Waals surface area contributed by atoms with Crippen molar-refractivity contribution in [2.24, 2.45) is 5.92 Å². The number of piperidine rings is 1. The fourth-order valence-corrected chi connectivity index (χ4v) is 6.22. The predicted octanol–water partition coefficient (Wildman–Crippen LogP) is 3.97. The van der Waals surface area contributed by atoms with Gasteiger partial charge in [0.05, 0.1) is 15.1 Å². The van der Waals surface area contributed by atoms with Gasteiger partial charge < -0.3 is 4.90 Å². The van der Waals surface area contributed by atoms with Crippen molar-refractivity contribution in [3.05, 3.63) is 41.3 Å². The van der Waals surface area contributed by atoms with Crippen LogP contribution in [0.2, 0.25) is 0 Å². The number of nitrogens with zero attached hydrogens (tertiary/aromatic N) is 5. The number of benzene rings is 1. The van der Waals surface area contributed by atoms with E-state index in [1.807, 2.05) is 30.5 Å². The Morgan fingerprint density at radius 2 is 2.00 bits per heavy atom. The number of anilines is 1. The summed E-state index contributed by atoms with van der Waals surface area (Å²) in [6, 6.07) is 8.89. The molecular formula is C21H23N5O2S2. The van der Waals surface area contributed by atoms with E-state index in [9.17, 15) is 8.42 Å². The van der Waals surface area contributed by atoms with E-state index in [1.54, 1.807) is 28.0 Å². The van der Waals surface area contributed by atoms with E-state index in [4.69, 9.17) is 4.98 Å². The molecule has 1 aliphatic rings. The Balaban J connectivity index is 1.69. The lowest BCUT2D eigenvalue weighted by Gasteiger charge is -2.32. The van der Waals surface area contributed by atoms with Crippen LogP contribution in [0.25, 0.3) is 15.9 Å². The van der Waals surface area contributed by atoms with Gasteiger partial charge in [-0.2, -0.15) is 4.52 Å². The van der Waals surface area contributed by atoms with Gasteiger partial charge >= 0.3 is 0 Å². The molecule has 9 heteroatoms. The standard InChI is InChI=1S/C21H23N5O2S2/c1-3-15-6-8-16(9-7-15)30(27,28)21-20-22-19(25-11-4-5-14(2)13-25)18-17(10-12-29-18)26(20)24-23-21/h6-10,12,14H,3-5,11,13H2,1-2H3/t14-/m1/s1. The summed E-state index contributed by atoms with van der Waals surface area (Å²) in [5, 5.41) is 10.1. The number of rotatable bonds is 4. The second kappa shape index (κ2) is 7.31. The maximum Gasteiger partial charge on any atom is 0.229 e. The Morgan fingerprint density at radius 3 is 2.73 bits per heavy atom. The molecule has 0 saturated carbocycles. The van der Waals surface area contributed by atoms with Crippen LogP contribution in [0.5, 0.6) is 0 Å². The van der Waals surface area contributed by atoms with Crippen molar-refractivity contribution >= 4 is 42.9 Å². The van der Waals surface area contributed by atoms with Crippen LogP contribution >= 0.6 is 11.3 Å². The van der Waals surface area contributed by atoms with Gasteiger partial charge in [0.2, 0.25) is 14.9 Å². The molecule has 0 spiro atoms. The Morgan fingerprint density at radius 1 is 1.20 bits per heavy atom. The van der Waals surface area contributed by atoms with Crippen LogP contribution in [0.15, 0.2) is 45.6 Å². The maximum atomic E-state index is 13.4. The summed E-state index contributed by atoms with van der Waals surface area (Å²) in [5.74, 6) is 1.41. The monoisotopic (exact) mass is 441 g/mol. The Labute approximate surface area is 179 Å². The summed E-state index contributed by atoms with van der Waals surface area (Å²) in [5.41, 5.74) is 2.21. The third-order valence-corrected chi connectivity index (χ3v) is 8.32. The van der Waals surface area contributed by atoms with Gasteiger partial charge in [0, 0.05) is 13.1 Å². The Kier molecular flexibility index (Phi) is 4.74. The van der Waals surface area contributed by atoms with Crippen LogP contribution in [0, 0.1) is 5.92 Å². The van der Waals surface area contributed by atoms with Gasteiger partial charge in [-0.1, -0.05) is 31.2 Å². The van der Waals surface area contributed by atoms with Crippen molar-refractivity contribution in [1.82, 2.24) is 19.8 Å². The molecule has 1 atom stereocenters. The van der Waals surface area contributed by atoms with Gasteiger partial charge in [-0.25, -0.2) is 13.4 Å². The highest BCUT2D eigenvalue weighted by Crippen LogP contribution is 2.34. The topological polar surface area (TPSA) is 80.5 Å². The van der Waals surface area contributed by atoms with Gasteiger partial charge in [0.15, 0.2) is 11.5 Å². The first kappa shape index (κ1) is 19.4. The van der Waals surface area contributed by atoms with Gasteiger partial charge in [-0.05, 0) is 54.3 Å². The highest BCUT2D eigenvalue weighted by atomic mass is 32.2. The Hall–Kier alpha value is -2.52.